The highest BCUT2D eigenvalue weighted by Gasteiger charge is 2.56. The summed E-state index contributed by atoms with van der Waals surface area (Å²) in [5, 5.41) is 0. The molecule has 0 aromatic heterocycles. The molecule has 1 saturated heterocycles. The molecule has 3 rings (SSSR count). The molecule has 1 heterocycles. The fourth-order valence-corrected chi connectivity index (χ4v) is 4.51. The van der Waals surface area contributed by atoms with Crippen molar-refractivity contribution in [2.75, 3.05) is 0 Å². The molecule has 0 spiro atoms. The highest BCUT2D eigenvalue weighted by Crippen LogP contribution is 2.61. The smallest absolute Gasteiger partial charge is 0.0920 e. The average Bonchev–Trinajstić information content (AvgIpc) is 3.28. The highest BCUT2D eigenvalue weighted by atomic mass is 16.6. The molecule has 0 aromatic rings. The van der Waals surface area contributed by atoms with Crippen LogP contribution in [0.25, 0.3) is 0 Å². The molecule has 5 atom stereocenters. The Labute approximate surface area is 130 Å². The maximum absolute atomic E-state index is 6.02. The van der Waals surface area contributed by atoms with Gasteiger partial charge in [-0.2, -0.15) is 0 Å². The first-order valence-electron chi connectivity index (χ1n) is 8.83. The van der Waals surface area contributed by atoms with Crippen LogP contribution in [0, 0.1) is 17.3 Å². The van der Waals surface area contributed by atoms with Crippen molar-refractivity contribution in [3.8, 4) is 0 Å². The second kappa shape index (κ2) is 5.26. The Hall–Kier alpha value is -0.560. The van der Waals surface area contributed by atoms with E-state index in [1.165, 1.54) is 56.1 Å². The number of allylic oxidation sites excluding steroid dienone is 3. The minimum absolute atomic E-state index is 0.180. The average molecular weight is 288 g/mol. The molecule has 1 nitrogen and oxygen atoms in total. The maximum atomic E-state index is 6.02. The van der Waals surface area contributed by atoms with Crippen LogP contribution in [-0.2, 0) is 4.74 Å². The number of epoxide rings is 1. The fraction of sp³-hybridized carbons (Fsp3) is 0.800. The van der Waals surface area contributed by atoms with Crippen LogP contribution >= 0.6 is 0 Å². The lowest BCUT2D eigenvalue weighted by atomic mass is 9.72. The van der Waals surface area contributed by atoms with Gasteiger partial charge < -0.3 is 4.74 Å². The molecule has 5 unspecified atom stereocenters. The predicted molar refractivity (Wildman–Crippen MR) is 89.3 cm³/mol. The van der Waals surface area contributed by atoms with Crippen molar-refractivity contribution in [1.82, 2.24) is 0 Å². The SMILES string of the molecule is C=C1CCC2OC2(C)CCC(C)(CCC=C(C)C)C2CC12. The molecule has 0 bridgehead atoms. The van der Waals surface area contributed by atoms with Crippen LogP contribution in [0.4, 0.5) is 0 Å². The van der Waals surface area contributed by atoms with Gasteiger partial charge in [0.2, 0.25) is 0 Å². The standard InChI is InChI=1S/C20H32O/c1-14(2)7-6-10-19(4)11-12-20(5)18(21-20)9-8-15(3)16-13-17(16)19/h7,16-18H,3,6,8-13H2,1-2,4-5H3. The number of ether oxygens (including phenoxy) is 1. The van der Waals surface area contributed by atoms with Crippen LogP contribution in [0.2, 0.25) is 0 Å². The molecule has 0 amide bonds. The van der Waals surface area contributed by atoms with Crippen molar-refractivity contribution in [2.45, 2.75) is 84.3 Å². The molecule has 2 aliphatic carbocycles. The molecule has 2 saturated carbocycles. The quantitative estimate of drug-likeness (QED) is 0.482. The molecule has 1 aliphatic heterocycles. The molecule has 0 radical (unpaired) electrons. The zero-order valence-corrected chi connectivity index (χ0v) is 14.4. The van der Waals surface area contributed by atoms with Crippen molar-refractivity contribution in [2.24, 2.45) is 17.3 Å². The topological polar surface area (TPSA) is 12.5 Å². The van der Waals surface area contributed by atoms with E-state index in [-0.39, 0.29) is 5.60 Å². The summed E-state index contributed by atoms with van der Waals surface area (Å²) in [7, 11) is 0. The van der Waals surface area contributed by atoms with Crippen LogP contribution in [0.5, 0.6) is 0 Å². The Balaban J connectivity index is 1.71. The van der Waals surface area contributed by atoms with Crippen LogP contribution in [0.3, 0.4) is 0 Å². The van der Waals surface area contributed by atoms with Crippen molar-refractivity contribution in [1.29, 1.82) is 0 Å². The Morgan fingerprint density at radius 2 is 2.10 bits per heavy atom. The van der Waals surface area contributed by atoms with Gasteiger partial charge in [0.25, 0.3) is 0 Å². The molecule has 0 N–H and O–H groups in total. The van der Waals surface area contributed by atoms with E-state index in [1.54, 1.807) is 0 Å². The first kappa shape index (κ1) is 15.3. The molecular formula is C20H32O. The zero-order chi connectivity index (χ0) is 15.3. The Morgan fingerprint density at radius 3 is 2.81 bits per heavy atom. The molecule has 3 aliphatic rings. The van der Waals surface area contributed by atoms with Crippen molar-refractivity contribution in [3.05, 3.63) is 23.8 Å². The third-order valence-electron chi connectivity index (χ3n) is 6.43. The summed E-state index contributed by atoms with van der Waals surface area (Å²) in [6.45, 7) is 13.7. The van der Waals surface area contributed by atoms with E-state index in [0.717, 1.165) is 11.8 Å². The van der Waals surface area contributed by atoms with Gasteiger partial charge in [-0.3, -0.25) is 0 Å². The van der Waals surface area contributed by atoms with Gasteiger partial charge in [-0.25, -0.2) is 0 Å². The lowest BCUT2D eigenvalue weighted by Gasteiger charge is -2.32. The van der Waals surface area contributed by atoms with Crippen LogP contribution in [0.1, 0.15) is 72.6 Å². The van der Waals surface area contributed by atoms with E-state index < -0.39 is 0 Å². The number of rotatable bonds is 3. The van der Waals surface area contributed by atoms with Gasteiger partial charge in [-0.05, 0) is 83.0 Å². The summed E-state index contributed by atoms with van der Waals surface area (Å²) in [6, 6.07) is 0. The third-order valence-corrected chi connectivity index (χ3v) is 6.43. The number of hydrogen-bond acceptors (Lipinski definition) is 1. The minimum Gasteiger partial charge on any atom is -0.366 e. The second-order valence-corrected chi connectivity index (χ2v) is 8.54. The van der Waals surface area contributed by atoms with Gasteiger partial charge in [-0.15, -0.1) is 0 Å². The van der Waals surface area contributed by atoms with E-state index in [4.69, 9.17) is 4.74 Å². The number of fused-ring (bicyclic) bond motifs is 2. The zero-order valence-electron chi connectivity index (χ0n) is 14.4. The van der Waals surface area contributed by atoms with E-state index >= 15 is 0 Å². The van der Waals surface area contributed by atoms with Crippen LogP contribution < -0.4 is 0 Å². The monoisotopic (exact) mass is 288 g/mol. The Morgan fingerprint density at radius 1 is 1.33 bits per heavy atom. The first-order chi connectivity index (χ1) is 9.84. The normalized spacial score (nSPS) is 45.3. The Kier molecular flexibility index (Phi) is 3.84. The maximum Gasteiger partial charge on any atom is 0.0920 e. The molecule has 3 fully saturated rings. The van der Waals surface area contributed by atoms with Gasteiger partial charge in [0.1, 0.15) is 0 Å². The minimum atomic E-state index is 0.180. The highest BCUT2D eigenvalue weighted by molar-refractivity contribution is 5.18. The van der Waals surface area contributed by atoms with Gasteiger partial charge in [0.15, 0.2) is 0 Å². The van der Waals surface area contributed by atoms with Gasteiger partial charge in [-0.1, -0.05) is 30.7 Å². The summed E-state index contributed by atoms with van der Waals surface area (Å²) in [6.07, 6.45) is 11.8. The molecule has 21 heavy (non-hydrogen) atoms. The van der Waals surface area contributed by atoms with Crippen molar-refractivity contribution in [3.63, 3.8) is 0 Å². The van der Waals surface area contributed by atoms with E-state index in [1.807, 2.05) is 0 Å². The molecule has 1 heteroatoms. The van der Waals surface area contributed by atoms with E-state index in [0.29, 0.717) is 11.5 Å². The van der Waals surface area contributed by atoms with E-state index in [9.17, 15) is 0 Å². The summed E-state index contributed by atoms with van der Waals surface area (Å²) < 4.78 is 6.02. The second-order valence-electron chi connectivity index (χ2n) is 8.54. The van der Waals surface area contributed by atoms with Crippen LogP contribution in [-0.4, -0.2) is 11.7 Å². The first-order valence-corrected chi connectivity index (χ1v) is 8.83. The summed E-state index contributed by atoms with van der Waals surface area (Å²) in [4.78, 5) is 0. The molecule has 0 aromatic carbocycles. The lowest BCUT2D eigenvalue weighted by Crippen LogP contribution is -2.25. The van der Waals surface area contributed by atoms with Gasteiger partial charge in [0, 0.05) is 0 Å². The van der Waals surface area contributed by atoms with Crippen LogP contribution in [0.15, 0.2) is 23.8 Å². The van der Waals surface area contributed by atoms with Crippen molar-refractivity contribution >= 4 is 0 Å². The summed E-state index contributed by atoms with van der Waals surface area (Å²) >= 11 is 0. The molecule has 118 valence electrons. The fourth-order valence-electron chi connectivity index (χ4n) is 4.51. The van der Waals surface area contributed by atoms with Gasteiger partial charge >= 0.3 is 0 Å². The summed E-state index contributed by atoms with van der Waals surface area (Å²) in [5.74, 6) is 1.69. The van der Waals surface area contributed by atoms with Gasteiger partial charge in [0.05, 0.1) is 11.7 Å². The molecular weight excluding hydrogens is 256 g/mol. The largest absolute Gasteiger partial charge is 0.366 e. The number of hydrogen-bond donors (Lipinski definition) is 0. The third kappa shape index (κ3) is 3.13. The summed E-state index contributed by atoms with van der Waals surface area (Å²) in [5.41, 5.74) is 3.62. The Bertz CT molecular complexity index is 458. The van der Waals surface area contributed by atoms with Crippen molar-refractivity contribution < 1.29 is 4.74 Å². The van der Waals surface area contributed by atoms with E-state index in [2.05, 4.69) is 40.3 Å². The predicted octanol–water partition coefficient (Wildman–Crippen LogP) is 5.66. The lowest BCUT2D eigenvalue weighted by molar-refractivity contribution is 0.185.